The highest BCUT2D eigenvalue weighted by Crippen LogP contribution is 2.10. The smallest absolute Gasteiger partial charge is 0.0619 e. The van der Waals surface area contributed by atoms with Gasteiger partial charge in [0, 0.05) is 12.6 Å². The van der Waals surface area contributed by atoms with Gasteiger partial charge in [-0.2, -0.15) is 0 Å². The van der Waals surface area contributed by atoms with Gasteiger partial charge >= 0.3 is 0 Å². The molecule has 0 aliphatic carbocycles. The molecule has 2 heteroatoms. The zero-order chi connectivity index (χ0) is 13.6. The average molecular weight is 269 g/mol. The highest BCUT2D eigenvalue weighted by atomic mass is 16.5. The molecule has 0 aromatic carbocycles. The van der Waals surface area contributed by atoms with Gasteiger partial charge in [-0.15, -0.1) is 0 Å². The lowest BCUT2D eigenvalue weighted by Crippen LogP contribution is -2.26. The molecule has 1 saturated heterocycles. The Morgan fingerprint density at radius 3 is 2.11 bits per heavy atom. The van der Waals surface area contributed by atoms with Crippen molar-refractivity contribution in [3.8, 4) is 0 Å². The zero-order valence-corrected chi connectivity index (χ0v) is 13.1. The summed E-state index contributed by atoms with van der Waals surface area (Å²) in [5.74, 6) is 0. The summed E-state index contributed by atoms with van der Waals surface area (Å²) in [7, 11) is 0. The molecule has 1 atom stereocenters. The summed E-state index contributed by atoms with van der Waals surface area (Å²) in [6.07, 6.45) is 16.6. The van der Waals surface area contributed by atoms with Crippen LogP contribution in [0.4, 0.5) is 0 Å². The van der Waals surface area contributed by atoms with E-state index in [2.05, 4.69) is 12.2 Å². The Labute approximate surface area is 120 Å². The maximum absolute atomic E-state index is 5.73. The molecule has 0 spiro atoms. The minimum Gasteiger partial charge on any atom is -0.380 e. The second-order valence-corrected chi connectivity index (χ2v) is 6.05. The van der Waals surface area contributed by atoms with Crippen LogP contribution in [-0.2, 0) is 4.74 Å². The third-order valence-electron chi connectivity index (χ3n) is 4.12. The number of hydrogen-bond donors (Lipinski definition) is 1. The standard InChI is InChI=1S/C17H35NO/c1-2-3-4-5-6-7-8-9-10-11-15-19-16-17-13-12-14-18-17/h17-18H,2-16H2,1H3. The summed E-state index contributed by atoms with van der Waals surface area (Å²) in [4.78, 5) is 0. The van der Waals surface area contributed by atoms with Crippen molar-refractivity contribution in [2.45, 2.75) is 90.0 Å². The average Bonchev–Trinajstić information content (AvgIpc) is 2.93. The highest BCUT2D eigenvalue weighted by molar-refractivity contribution is 4.73. The molecule has 1 heterocycles. The Hall–Kier alpha value is -0.0800. The first-order chi connectivity index (χ1) is 9.43. The number of rotatable bonds is 13. The van der Waals surface area contributed by atoms with Crippen LogP contribution in [0.15, 0.2) is 0 Å². The topological polar surface area (TPSA) is 21.3 Å². The summed E-state index contributed by atoms with van der Waals surface area (Å²) in [6, 6.07) is 0.642. The van der Waals surface area contributed by atoms with Gasteiger partial charge in [0.05, 0.1) is 6.61 Å². The molecule has 1 unspecified atom stereocenters. The van der Waals surface area contributed by atoms with Crippen molar-refractivity contribution in [3.63, 3.8) is 0 Å². The van der Waals surface area contributed by atoms with Gasteiger partial charge in [-0.1, -0.05) is 64.7 Å². The largest absolute Gasteiger partial charge is 0.380 e. The van der Waals surface area contributed by atoms with E-state index in [1.54, 1.807) is 0 Å². The molecule has 0 saturated carbocycles. The van der Waals surface area contributed by atoms with Crippen molar-refractivity contribution in [2.24, 2.45) is 0 Å². The van der Waals surface area contributed by atoms with E-state index in [9.17, 15) is 0 Å². The first-order valence-corrected chi connectivity index (χ1v) is 8.74. The van der Waals surface area contributed by atoms with Crippen molar-refractivity contribution in [1.29, 1.82) is 0 Å². The first kappa shape index (κ1) is 17.0. The summed E-state index contributed by atoms with van der Waals surface area (Å²) < 4.78 is 5.73. The van der Waals surface area contributed by atoms with E-state index in [1.165, 1.54) is 83.6 Å². The van der Waals surface area contributed by atoms with Gasteiger partial charge in [-0.3, -0.25) is 0 Å². The maximum Gasteiger partial charge on any atom is 0.0619 e. The van der Waals surface area contributed by atoms with E-state index < -0.39 is 0 Å². The van der Waals surface area contributed by atoms with Crippen LogP contribution >= 0.6 is 0 Å². The molecule has 19 heavy (non-hydrogen) atoms. The fourth-order valence-electron chi connectivity index (χ4n) is 2.82. The molecule has 1 aliphatic rings. The van der Waals surface area contributed by atoms with Crippen LogP contribution in [0.3, 0.4) is 0 Å². The minimum atomic E-state index is 0.642. The third kappa shape index (κ3) is 10.4. The number of nitrogens with one attached hydrogen (secondary N) is 1. The quantitative estimate of drug-likeness (QED) is 0.490. The Balaban J connectivity index is 1.67. The Bertz CT molecular complexity index is 178. The molecule has 0 aromatic rings. The van der Waals surface area contributed by atoms with E-state index in [4.69, 9.17) is 4.74 Å². The van der Waals surface area contributed by atoms with Crippen LogP contribution in [0.25, 0.3) is 0 Å². The predicted octanol–water partition coefficient (Wildman–Crippen LogP) is 4.68. The van der Waals surface area contributed by atoms with Crippen molar-refractivity contribution in [3.05, 3.63) is 0 Å². The summed E-state index contributed by atoms with van der Waals surface area (Å²) >= 11 is 0. The first-order valence-electron chi connectivity index (χ1n) is 8.74. The van der Waals surface area contributed by atoms with Gasteiger partial charge < -0.3 is 10.1 Å². The van der Waals surface area contributed by atoms with Gasteiger partial charge in [0.25, 0.3) is 0 Å². The monoisotopic (exact) mass is 269 g/mol. The molecule has 0 amide bonds. The van der Waals surface area contributed by atoms with Gasteiger partial charge in [-0.25, -0.2) is 0 Å². The lowest BCUT2D eigenvalue weighted by molar-refractivity contribution is 0.112. The molecule has 114 valence electrons. The normalized spacial score (nSPS) is 19.1. The molecule has 1 N–H and O–H groups in total. The van der Waals surface area contributed by atoms with E-state index in [0.29, 0.717) is 6.04 Å². The lowest BCUT2D eigenvalue weighted by atomic mass is 10.1. The number of unbranched alkanes of at least 4 members (excludes halogenated alkanes) is 9. The van der Waals surface area contributed by atoms with Gasteiger partial charge in [0.2, 0.25) is 0 Å². The Morgan fingerprint density at radius 1 is 0.895 bits per heavy atom. The maximum atomic E-state index is 5.73. The molecule has 1 aliphatic heterocycles. The van der Waals surface area contributed by atoms with Crippen LogP contribution in [0.2, 0.25) is 0 Å². The van der Waals surface area contributed by atoms with Crippen LogP contribution < -0.4 is 5.32 Å². The third-order valence-corrected chi connectivity index (χ3v) is 4.12. The van der Waals surface area contributed by atoms with E-state index >= 15 is 0 Å². The van der Waals surface area contributed by atoms with E-state index in [0.717, 1.165) is 13.2 Å². The Morgan fingerprint density at radius 2 is 1.53 bits per heavy atom. The van der Waals surface area contributed by atoms with Gasteiger partial charge in [-0.05, 0) is 25.8 Å². The summed E-state index contributed by atoms with van der Waals surface area (Å²) in [5.41, 5.74) is 0. The van der Waals surface area contributed by atoms with Gasteiger partial charge in [0.1, 0.15) is 0 Å². The Kier molecular flexibility index (Phi) is 11.5. The number of hydrogen-bond acceptors (Lipinski definition) is 2. The molecule has 0 bridgehead atoms. The van der Waals surface area contributed by atoms with Gasteiger partial charge in [0.15, 0.2) is 0 Å². The zero-order valence-electron chi connectivity index (χ0n) is 13.1. The second-order valence-electron chi connectivity index (χ2n) is 6.05. The van der Waals surface area contributed by atoms with Crippen molar-refractivity contribution in [1.82, 2.24) is 5.32 Å². The van der Waals surface area contributed by atoms with Crippen LogP contribution in [-0.4, -0.2) is 25.8 Å². The fourth-order valence-corrected chi connectivity index (χ4v) is 2.82. The SMILES string of the molecule is CCCCCCCCCCCCOCC1CCCN1. The fraction of sp³-hybridized carbons (Fsp3) is 1.00. The molecular weight excluding hydrogens is 234 g/mol. The van der Waals surface area contributed by atoms with Crippen LogP contribution in [0.5, 0.6) is 0 Å². The lowest BCUT2D eigenvalue weighted by Gasteiger charge is -2.10. The van der Waals surface area contributed by atoms with Crippen molar-refractivity contribution >= 4 is 0 Å². The molecule has 0 radical (unpaired) electrons. The van der Waals surface area contributed by atoms with Crippen LogP contribution in [0, 0.1) is 0 Å². The molecule has 1 fully saturated rings. The van der Waals surface area contributed by atoms with Crippen LogP contribution in [0.1, 0.15) is 84.0 Å². The predicted molar refractivity (Wildman–Crippen MR) is 83.7 cm³/mol. The van der Waals surface area contributed by atoms with Crippen molar-refractivity contribution < 1.29 is 4.74 Å². The van der Waals surface area contributed by atoms with E-state index in [-0.39, 0.29) is 0 Å². The molecular formula is C17H35NO. The summed E-state index contributed by atoms with van der Waals surface area (Å²) in [6.45, 7) is 5.36. The van der Waals surface area contributed by atoms with E-state index in [1.807, 2.05) is 0 Å². The van der Waals surface area contributed by atoms with Crippen molar-refractivity contribution in [2.75, 3.05) is 19.8 Å². The molecule has 1 rings (SSSR count). The number of ether oxygens (including phenoxy) is 1. The molecule has 2 nitrogen and oxygen atoms in total. The second kappa shape index (κ2) is 12.9. The minimum absolute atomic E-state index is 0.642. The summed E-state index contributed by atoms with van der Waals surface area (Å²) in [5, 5.41) is 3.47. The highest BCUT2D eigenvalue weighted by Gasteiger charge is 2.13. The molecule has 0 aromatic heterocycles.